The number of nitrogens with zero attached hydrogens (tertiary/aromatic N) is 2. The third-order valence-corrected chi connectivity index (χ3v) is 41.7. The van der Waals surface area contributed by atoms with E-state index in [1.807, 2.05) is 63.5 Å². The van der Waals surface area contributed by atoms with E-state index in [9.17, 15) is 0 Å². The van der Waals surface area contributed by atoms with Gasteiger partial charge in [-0.05, 0) is 386 Å². The molecule has 6 nitrogen and oxygen atoms in total. The van der Waals surface area contributed by atoms with E-state index in [-0.39, 0.29) is 18.3 Å². The fourth-order valence-corrected chi connectivity index (χ4v) is 36.1. The molecule has 8 fully saturated rings. The largest absolute Gasteiger partial charge is 0.456 e. The second-order valence-electron chi connectivity index (χ2n) is 43.2. The molecule has 706 valence electrons. The van der Waals surface area contributed by atoms with Crippen LogP contribution in [-0.4, -0.2) is 0 Å². The summed E-state index contributed by atoms with van der Waals surface area (Å²) in [6.07, 6.45) is 13.8. The number of benzene rings is 20. The molecule has 2 spiro atoms. The second-order valence-corrected chi connectivity index (χ2v) is 49.2. The van der Waals surface area contributed by atoms with Crippen LogP contribution in [0, 0.1) is 47.3 Å². The minimum absolute atomic E-state index is 0. The molecule has 20 aromatic carbocycles. The van der Waals surface area contributed by atoms with Crippen molar-refractivity contribution in [2.24, 2.45) is 47.3 Å². The summed E-state index contributed by atoms with van der Waals surface area (Å²) in [5.41, 5.74) is 26.9. The average molecular weight is 2100 g/mol. The topological polar surface area (TPSA) is 57.9 Å². The molecule has 147 heavy (non-hydrogen) atoms. The van der Waals surface area contributed by atoms with Crippen molar-refractivity contribution in [3.63, 3.8) is 0 Å². The van der Waals surface area contributed by atoms with Gasteiger partial charge < -0.3 is 28.4 Å². The molecule has 1 N–H and O–H groups in total. The Morgan fingerprint density at radius 1 is 0.252 bits per heavy atom. The molecule has 12 heteroatoms. The molecule has 0 radical (unpaired) electrons. The van der Waals surface area contributed by atoms with Gasteiger partial charge in [0, 0.05) is 181 Å². The third-order valence-electron chi connectivity index (χ3n) is 35.7. The molecule has 27 aromatic rings. The average Bonchev–Trinajstić information content (AvgIpc) is 1.51. The summed E-state index contributed by atoms with van der Waals surface area (Å²) < 4.78 is 33.1. The van der Waals surface area contributed by atoms with Crippen LogP contribution in [-0.2, 0) is 10.8 Å². The molecule has 8 saturated carbocycles. The van der Waals surface area contributed by atoms with Crippen LogP contribution in [0.15, 0.2) is 398 Å². The number of thiophene rings is 4. The number of furan rings is 3. The van der Waals surface area contributed by atoms with E-state index in [1.165, 1.54) is 209 Å². The van der Waals surface area contributed by atoms with Gasteiger partial charge in [0.25, 0.3) is 0 Å². The van der Waals surface area contributed by atoms with Gasteiger partial charge in [0.15, 0.2) is 0 Å². The van der Waals surface area contributed by atoms with Crippen molar-refractivity contribution in [3.8, 4) is 22.3 Å². The van der Waals surface area contributed by atoms with Crippen molar-refractivity contribution in [1.82, 2.24) is 0 Å². The van der Waals surface area contributed by atoms with Gasteiger partial charge in [0.05, 0.1) is 15.1 Å². The van der Waals surface area contributed by atoms with Gasteiger partial charge in [-0.2, -0.15) is 0 Å². The zero-order valence-corrected chi connectivity index (χ0v) is 85.9. The fourth-order valence-electron chi connectivity index (χ4n) is 30.3. The molecule has 37 rings (SSSR count). The Labute approximate surface area is 881 Å². The zero-order chi connectivity index (χ0) is 95.4. The van der Waals surface area contributed by atoms with Gasteiger partial charge in [-0.25, -0.2) is 0 Å². The Morgan fingerprint density at radius 3 is 1.12 bits per heavy atom. The molecule has 10 aliphatic rings. The number of para-hydroxylation sites is 3. The smallest absolute Gasteiger partial charge is 0.137 e. The summed E-state index contributed by atoms with van der Waals surface area (Å²) in [5, 5.41) is 28.7. The van der Waals surface area contributed by atoms with E-state index >= 15 is 0 Å². The monoisotopic (exact) mass is 2090 g/mol. The molecule has 7 heterocycles. The van der Waals surface area contributed by atoms with E-state index in [4.69, 9.17) is 13.3 Å². The molecule has 0 unspecified atom stereocenters. The lowest BCUT2D eigenvalue weighted by Crippen LogP contribution is -2.55. The summed E-state index contributed by atoms with van der Waals surface area (Å²) in [7, 11) is 0. The van der Waals surface area contributed by atoms with Gasteiger partial charge in [0.2, 0.25) is 0 Å². The highest BCUT2D eigenvalue weighted by Crippen LogP contribution is 2.75. The van der Waals surface area contributed by atoms with Crippen LogP contribution < -0.4 is 15.1 Å². The van der Waals surface area contributed by atoms with Gasteiger partial charge in [-0.15, -0.1) is 45.3 Å². The Kier molecular flexibility index (Phi) is 19.0. The highest BCUT2D eigenvalue weighted by atomic mass is 79.9. The molecule has 8 bridgehead atoms. The Bertz CT molecular complexity index is 10300. The van der Waals surface area contributed by atoms with Crippen molar-refractivity contribution < 1.29 is 13.3 Å². The van der Waals surface area contributed by atoms with Gasteiger partial charge in [0.1, 0.15) is 33.5 Å². The number of rotatable bonds is 8. The van der Waals surface area contributed by atoms with Gasteiger partial charge >= 0.3 is 0 Å². The van der Waals surface area contributed by atoms with Crippen molar-refractivity contribution in [2.75, 3.05) is 15.1 Å². The van der Waals surface area contributed by atoms with Crippen molar-refractivity contribution in [2.45, 2.75) is 82.5 Å². The molecular weight excluding hydrogens is 2000 g/mol. The second kappa shape index (κ2) is 32.4. The Morgan fingerprint density at radius 2 is 0.626 bits per heavy atom. The summed E-state index contributed by atoms with van der Waals surface area (Å²) in [5.74, 6) is 6.25. The molecule has 0 amide bonds. The first kappa shape index (κ1) is 86.0. The SMILES string of the molecule is Brc1ccc2c(c1)sc1cc3c(cc12)-c1c(cc(Br)c2sc4ccccc4c12)C31C2CC3CC(C2)CC1C3.C.c1ccc(N(c2ccc3c(c2)oc2cc4ccccc4cc23)c2ccc3c(c2)sc2cc4c(cc23)-c2c(cc(N(c3ccccc3)c3ccc5c(c3)oc3cc6ccccc6cc35)c3sc5ccccc5c23)C42C3CC4CC(C3)CC2C4)cc1.c1ccc(Nc2ccc3c(c2)oc2cc4ccccc4cc23)cc1. The van der Waals surface area contributed by atoms with E-state index in [0.717, 1.165) is 141 Å². The van der Waals surface area contributed by atoms with E-state index in [0.29, 0.717) is 11.8 Å². The first-order valence-corrected chi connectivity index (χ1v) is 56.7. The highest BCUT2D eigenvalue weighted by Gasteiger charge is 2.64. The zero-order valence-electron chi connectivity index (χ0n) is 79.5. The number of fused-ring (bicyclic) bond motifs is 32. The minimum atomic E-state index is -0.0984. The molecule has 0 aliphatic heterocycles. The lowest BCUT2D eigenvalue weighted by molar-refractivity contribution is -0.0399. The summed E-state index contributed by atoms with van der Waals surface area (Å²) in [6, 6.07) is 139. The maximum absolute atomic E-state index is 6.85. The van der Waals surface area contributed by atoms with Crippen molar-refractivity contribution >= 4 is 302 Å². The minimum Gasteiger partial charge on any atom is -0.456 e. The molecule has 7 aromatic heterocycles. The number of nitrogens with one attached hydrogen (secondary N) is 1. The van der Waals surface area contributed by atoms with Crippen LogP contribution in [0.4, 0.5) is 45.5 Å². The van der Waals surface area contributed by atoms with E-state index in [1.54, 1.807) is 27.8 Å². The van der Waals surface area contributed by atoms with Crippen LogP contribution in [0.3, 0.4) is 0 Å². The highest BCUT2D eigenvalue weighted by molar-refractivity contribution is 9.11. The summed E-state index contributed by atoms with van der Waals surface area (Å²) >= 11 is 15.7. The lowest BCUT2D eigenvalue weighted by Gasteiger charge is -2.61. The van der Waals surface area contributed by atoms with E-state index in [2.05, 4.69) is 405 Å². The lowest BCUT2D eigenvalue weighted by atomic mass is 9.43. The van der Waals surface area contributed by atoms with Gasteiger partial charge in [-0.1, -0.05) is 199 Å². The van der Waals surface area contributed by atoms with E-state index < -0.39 is 0 Å². The van der Waals surface area contributed by atoms with Crippen molar-refractivity contribution in [1.29, 1.82) is 0 Å². The summed E-state index contributed by atoms with van der Waals surface area (Å²) in [6.45, 7) is 0. The fraction of sp³-hybridized carbons (Fsp3) is 0.156. The van der Waals surface area contributed by atoms with Crippen LogP contribution in [0.1, 0.15) is 93.9 Å². The Hall–Kier alpha value is -14.2. The summed E-state index contributed by atoms with van der Waals surface area (Å²) in [4.78, 5) is 4.96. The number of halogens is 2. The third kappa shape index (κ3) is 12.7. The normalized spacial score (nSPS) is 20.6. The first-order valence-electron chi connectivity index (χ1n) is 51.9. The maximum Gasteiger partial charge on any atom is 0.137 e. The van der Waals surface area contributed by atoms with Crippen LogP contribution in [0.2, 0.25) is 0 Å². The number of hydrogen-bond acceptors (Lipinski definition) is 10. The van der Waals surface area contributed by atoms with Crippen LogP contribution >= 0.6 is 77.2 Å². The molecule has 0 atom stereocenters. The predicted octanol–water partition coefficient (Wildman–Crippen LogP) is 42.0. The molecule has 10 aliphatic carbocycles. The predicted molar refractivity (Wildman–Crippen MR) is 633 cm³/mol. The van der Waals surface area contributed by atoms with Crippen LogP contribution in [0.25, 0.3) is 201 Å². The van der Waals surface area contributed by atoms with Gasteiger partial charge in [-0.3, -0.25) is 0 Å². The number of anilines is 8. The quantitative estimate of drug-likeness (QED) is 0.164. The van der Waals surface area contributed by atoms with Crippen molar-refractivity contribution in [3.05, 3.63) is 407 Å². The first-order chi connectivity index (χ1) is 72.0. The Balaban J connectivity index is 0.000000124. The maximum atomic E-state index is 6.85. The molecular formula is C135H95Br2N3O3S4. The standard InChI is InChI=1S/C78H52N2O2S2.C34H24Br2S2.C22H15NO.CH4/c1-3-17-52(18-4-1)79(54-23-26-57-61-34-46-13-7-9-15-48(46)36-68(61)81-70(57)38-54)56-25-28-59-63-41-64-65(43-74(63)83-73(59)40-56)78(50-30-44-29-45(32-50)33-51(78)31-44)66-42-67(77-76(75(64)66)60-21-11-12-22-72(60)84-77)80(53-19-5-2-6-20-53)55-24-27-58-62-35-47-14-8-10-16-49(47)37-69(62)82-71(58)39-55;35-20-5-6-21-23-13-24-25(15-30(23)37-29(21)12-20)34(18-8-16-7-17(10-18)11-19(34)9-16)26-14-27(36)33-32(31(24)26)22-3-1-2-4-28(22)38-33;1-2-8-17(9-3-1)23-18-10-11-19-20-12-15-6-4-5-7-16(15)13-21(20)24-22(19)14-18;/h1-28,34-45,50-51H,29-33H2;1-6,12-19H,7-11H2;1-14,23H;1H4. The number of hydrogen-bond donors (Lipinski definition) is 1. The molecule has 0 saturated heterocycles. The van der Waals surface area contributed by atoms with Crippen LogP contribution in [0.5, 0.6) is 0 Å².